The number of para-hydroxylation sites is 1. The van der Waals surface area contributed by atoms with Crippen molar-refractivity contribution < 1.29 is 34.5 Å². The highest BCUT2D eigenvalue weighted by Crippen LogP contribution is 2.28. The SMILES string of the molecule is Cc1cccc(C(=O)O)c1N(C(=O)CC(=O)O)C(C)C(=O)O. The fraction of sp³-hybridized carbons (Fsp3) is 0.286. The van der Waals surface area contributed by atoms with E-state index >= 15 is 0 Å². The molecule has 0 aliphatic rings. The summed E-state index contributed by atoms with van der Waals surface area (Å²) in [4.78, 5) is 46.1. The Kier molecular flexibility index (Phi) is 5.23. The summed E-state index contributed by atoms with van der Waals surface area (Å²) in [6.45, 7) is 2.69. The van der Waals surface area contributed by atoms with E-state index in [4.69, 9.17) is 10.2 Å². The van der Waals surface area contributed by atoms with Crippen molar-refractivity contribution >= 4 is 29.5 Å². The smallest absolute Gasteiger partial charge is 0.337 e. The molecule has 1 aromatic rings. The Labute approximate surface area is 125 Å². The Hall–Kier alpha value is -2.90. The van der Waals surface area contributed by atoms with Gasteiger partial charge in [-0.2, -0.15) is 0 Å². The van der Waals surface area contributed by atoms with Gasteiger partial charge in [0.1, 0.15) is 12.5 Å². The van der Waals surface area contributed by atoms with Gasteiger partial charge in [0.25, 0.3) is 0 Å². The average Bonchev–Trinajstić information content (AvgIpc) is 2.39. The van der Waals surface area contributed by atoms with E-state index in [9.17, 15) is 24.3 Å². The zero-order chi connectivity index (χ0) is 17.0. The van der Waals surface area contributed by atoms with Gasteiger partial charge in [0.15, 0.2) is 0 Å². The number of aromatic carboxylic acids is 1. The van der Waals surface area contributed by atoms with Gasteiger partial charge in [-0.25, -0.2) is 9.59 Å². The Morgan fingerprint density at radius 1 is 1.14 bits per heavy atom. The molecule has 0 aromatic heterocycles. The van der Waals surface area contributed by atoms with Crippen LogP contribution >= 0.6 is 0 Å². The molecule has 22 heavy (non-hydrogen) atoms. The van der Waals surface area contributed by atoms with E-state index in [0.29, 0.717) is 10.5 Å². The first-order valence-corrected chi connectivity index (χ1v) is 6.26. The molecule has 3 N–H and O–H groups in total. The Morgan fingerprint density at radius 3 is 2.18 bits per heavy atom. The zero-order valence-electron chi connectivity index (χ0n) is 11.9. The topological polar surface area (TPSA) is 132 Å². The minimum absolute atomic E-state index is 0.115. The number of carboxylic acids is 3. The largest absolute Gasteiger partial charge is 0.481 e. The van der Waals surface area contributed by atoms with Gasteiger partial charge in [-0.05, 0) is 25.5 Å². The van der Waals surface area contributed by atoms with Crippen molar-refractivity contribution in [3.05, 3.63) is 29.3 Å². The lowest BCUT2D eigenvalue weighted by molar-refractivity contribution is -0.143. The lowest BCUT2D eigenvalue weighted by Gasteiger charge is -2.29. The molecule has 1 amide bonds. The quantitative estimate of drug-likeness (QED) is 0.667. The summed E-state index contributed by atoms with van der Waals surface area (Å²) >= 11 is 0. The standard InChI is InChI=1S/C14H15NO7/c1-7-4-3-5-9(14(21)22)12(7)15(8(2)13(19)20)10(16)6-11(17)18/h3-5,8H,6H2,1-2H3,(H,17,18)(H,19,20)(H,21,22). The molecule has 1 rings (SSSR count). The van der Waals surface area contributed by atoms with Crippen LogP contribution in [0.15, 0.2) is 18.2 Å². The molecular formula is C14H15NO7. The Morgan fingerprint density at radius 2 is 1.73 bits per heavy atom. The van der Waals surface area contributed by atoms with Crippen molar-refractivity contribution in [2.45, 2.75) is 26.3 Å². The number of carboxylic acid groups (broad SMARTS) is 3. The number of amides is 1. The third-order valence-electron chi connectivity index (χ3n) is 3.02. The number of carbonyl (C=O) groups excluding carboxylic acids is 1. The summed E-state index contributed by atoms with van der Waals surface area (Å²) in [5.74, 6) is -5.15. The summed E-state index contributed by atoms with van der Waals surface area (Å²) in [5, 5.41) is 27.1. The fourth-order valence-corrected chi connectivity index (χ4v) is 2.01. The number of aliphatic carboxylic acids is 2. The average molecular weight is 309 g/mol. The lowest BCUT2D eigenvalue weighted by atomic mass is 10.0. The molecule has 118 valence electrons. The van der Waals surface area contributed by atoms with Crippen LogP contribution in [0.2, 0.25) is 0 Å². The van der Waals surface area contributed by atoms with E-state index in [0.717, 1.165) is 0 Å². The van der Waals surface area contributed by atoms with Gasteiger partial charge < -0.3 is 15.3 Å². The Balaban J connectivity index is 3.52. The van der Waals surface area contributed by atoms with Gasteiger partial charge in [0, 0.05) is 0 Å². The highest BCUT2D eigenvalue weighted by atomic mass is 16.4. The molecule has 0 bridgehead atoms. The second-order valence-corrected chi connectivity index (χ2v) is 4.62. The molecule has 8 nitrogen and oxygen atoms in total. The van der Waals surface area contributed by atoms with Gasteiger partial charge in [0.2, 0.25) is 5.91 Å². The number of rotatable bonds is 6. The second-order valence-electron chi connectivity index (χ2n) is 4.62. The van der Waals surface area contributed by atoms with Crippen LogP contribution in [0.5, 0.6) is 0 Å². The van der Waals surface area contributed by atoms with Crippen LogP contribution in [-0.2, 0) is 14.4 Å². The van der Waals surface area contributed by atoms with Gasteiger partial charge in [-0.1, -0.05) is 12.1 Å². The number of hydrogen-bond donors (Lipinski definition) is 3. The molecule has 0 saturated carbocycles. The maximum Gasteiger partial charge on any atom is 0.337 e. The fourth-order valence-electron chi connectivity index (χ4n) is 2.01. The summed E-state index contributed by atoms with van der Waals surface area (Å²) < 4.78 is 0. The molecule has 0 saturated heterocycles. The number of nitrogens with zero attached hydrogens (tertiary/aromatic N) is 1. The lowest BCUT2D eigenvalue weighted by Crippen LogP contribution is -2.45. The molecule has 8 heteroatoms. The van der Waals surface area contributed by atoms with Crippen LogP contribution in [-0.4, -0.2) is 45.2 Å². The van der Waals surface area contributed by atoms with Crippen molar-refractivity contribution in [2.24, 2.45) is 0 Å². The van der Waals surface area contributed by atoms with E-state index in [1.54, 1.807) is 0 Å². The summed E-state index contributed by atoms with van der Waals surface area (Å²) in [7, 11) is 0. The number of benzene rings is 1. The van der Waals surface area contributed by atoms with Crippen LogP contribution in [0, 0.1) is 6.92 Å². The maximum absolute atomic E-state index is 12.1. The molecule has 0 heterocycles. The number of hydrogen-bond acceptors (Lipinski definition) is 4. The van der Waals surface area contributed by atoms with Crippen molar-refractivity contribution in [3.63, 3.8) is 0 Å². The zero-order valence-corrected chi connectivity index (χ0v) is 11.9. The third kappa shape index (κ3) is 3.60. The van der Waals surface area contributed by atoms with Crippen molar-refractivity contribution in [2.75, 3.05) is 4.90 Å². The predicted molar refractivity (Wildman–Crippen MR) is 75.0 cm³/mol. The second kappa shape index (κ2) is 6.70. The van der Waals surface area contributed by atoms with Crippen LogP contribution in [0.4, 0.5) is 5.69 Å². The van der Waals surface area contributed by atoms with Gasteiger partial charge in [-0.3, -0.25) is 14.5 Å². The molecule has 0 aliphatic heterocycles. The van der Waals surface area contributed by atoms with Crippen molar-refractivity contribution in [1.82, 2.24) is 0 Å². The van der Waals surface area contributed by atoms with Crippen molar-refractivity contribution in [3.8, 4) is 0 Å². The van der Waals surface area contributed by atoms with E-state index < -0.39 is 36.3 Å². The molecule has 0 aliphatic carbocycles. The third-order valence-corrected chi connectivity index (χ3v) is 3.02. The van der Waals surface area contributed by atoms with Gasteiger partial charge >= 0.3 is 17.9 Å². The van der Waals surface area contributed by atoms with E-state index in [1.165, 1.54) is 32.0 Å². The minimum atomic E-state index is -1.43. The summed E-state index contributed by atoms with van der Waals surface area (Å²) in [5.41, 5.74) is -0.0327. The molecule has 0 radical (unpaired) electrons. The highest BCUT2D eigenvalue weighted by molar-refractivity contribution is 6.09. The van der Waals surface area contributed by atoms with Crippen LogP contribution in [0.1, 0.15) is 29.3 Å². The molecule has 0 fully saturated rings. The normalized spacial score (nSPS) is 11.5. The minimum Gasteiger partial charge on any atom is -0.481 e. The number of carbonyl (C=O) groups is 4. The predicted octanol–water partition coefficient (Wildman–Crippen LogP) is 0.974. The molecule has 0 spiro atoms. The summed E-state index contributed by atoms with van der Waals surface area (Å²) in [6, 6.07) is 2.77. The molecular weight excluding hydrogens is 294 g/mol. The summed E-state index contributed by atoms with van der Waals surface area (Å²) in [6.07, 6.45) is -0.939. The van der Waals surface area contributed by atoms with Crippen molar-refractivity contribution in [1.29, 1.82) is 0 Å². The van der Waals surface area contributed by atoms with Gasteiger partial charge in [-0.15, -0.1) is 0 Å². The van der Waals surface area contributed by atoms with E-state index in [-0.39, 0.29) is 11.3 Å². The first-order valence-electron chi connectivity index (χ1n) is 6.26. The van der Waals surface area contributed by atoms with Gasteiger partial charge in [0.05, 0.1) is 11.3 Å². The molecule has 1 atom stereocenters. The first kappa shape index (κ1) is 17.2. The molecule has 1 aromatic carbocycles. The molecule has 1 unspecified atom stereocenters. The van der Waals surface area contributed by atoms with Crippen LogP contribution in [0.3, 0.4) is 0 Å². The first-order chi connectivity index (χ1) is 10.2. The number of anilines is 1. The highest BCUT2D eigenvalue weighted by Gasteiger charge is 2.32. The Bertz CT molecular complexity index is 638. The van der Waals surface area contributed by atoms with Crippen LogP contribution in [0.25, 0.3) is 0 Å². The van der Waals surface area contributed by atoms with E-state index in [2.05, 4.69) is 0 Å². The maximum atomic E-state index is 12.1. The van der Waals surface area contributed by atoms with E-state index in [1.807, 2.05) is 0 Å². The number of aryl methyl sites for hydroxylation is 1. The monoisotopic (exact) mass is 309 g/mol. The van der Waals surface area contributed by atoms with Crippen LogP contribution < -0.4 is 4.90 Å².